The Balaban J connectivity index is 4.16. The lowest BCUT2D eigenvalue weighted by Crippen LogP contribution is -2.30. The number of rotatable bonds is 48. The summed E-state index contributed by atoms with van der Waals surface area (Å²) in [6, 6.07) is 0. The Labute approximate surface area is 367 Å². The SMILES string of the molecule is CCCCCCCCC/C=C\CCCCCCCCCC(=O)OCC(COC(=O)CCCCCCCC)OC(=O)CCCCCCCCCCCCCCCCCCC. The first-order valence-electron chi connectivity index (χ1n) is 26.2. The molecular formula is C53H100O6. The van der Waals surface area contributed by atoms with Crippen LogP contribution in [0.4, 0.5) is 0 Å². The molecule has 1 unspecified atom stereocenters. The van der Waals surface area contributed by atoms with Gasteiger partial charge in [-0.15, -0.1) is 0 Å². The first-order chi connectivity index (χ1) is 29.0. The fraction of sp³-hybridized carbons (Fsp3) is 0.906. The lowest BCUT2D eigenvalue weighted by Gasteiger charge is -2.18. The van der Waals surface area contributed by atoms with Crippen LogP contribution in [0.5, 0.6) is 0 Å². The molecule has 6 nitrogen and oxygen atoms in total. The maximum absolute atomic E-state index is 12.7. The molecule has 1 atom stereocenters. The van der Waals surface area contributed by atoms with Gasteiger partial charge in [0, 0.05) is 19.3 Å². The maximum atomic E-state index is 12.7. The smallest absolute Gasteiger partial charge is 0.306 e. The predicted molar refractivity (Wildman–Crippen MR) is 252 cm³/mol. The maximum Gasteiger partial charge on any atom is 0.306 e. The molecule has 0 radical (unpaired) electrons. The molecule has 0 saturated carbocycles. The van der Waals surface area contributed by atoms with Crippen molar-refractivity contribution in [3.63, 3.8) is 0 Å². The zero-order chi connectivity index (χ0) is 43.0. The summed E-state index contributed by atoms with van der Waals surface area (Å²) in [7, 11) is 0. The van der Waals surface area contributed by atoms with E-state index in [9.17, 15) is 14.4 Å². The minimum Gasteiger partial charge on any atom is -0.462 e. The number of unbranched alkanes of at least 4 members (excludes halogenated alkanes) is 35. The van der Waals surface area contributed by atoms with Gasteiger partial charge in [0.05, 0.1) is 0 Å². The fourth-order valence-corrected chi connectivity index (χ4v) is 7.79. The molecular weight excluding hydrogens is 733 g/mol. The number of ether oxygens (including phenoxy) is 3. The van der Waals surface area contributed by atoms with Crippen LogP contribution >= 0.6 is 0 Å². The second-order valence-corrected chi connectivity index (χ2v) is 17.8. The number of carbonyl (C=O) groups is 3. The average Bonchev–Trinajstić information content (AvgIpc) is 3.23. The Kier molecular flexibility index (Phi) is 47.3. The summed E-state index contributed by atoms with van der Waals surface area (Å²) in [5, 5.41) is 0. The lowest BCUT2D eigenvalue weighted by molar-refractivity contribution is -0.167. The van der Waals surface area contributed by atoms with Gasteiger partial charge in [0.15, 0.2) is 6.10 Å². The van der Waals surface area contributed by atoms with Crippen molar-refractivity contribution < 1.29 is 28.6 Å². The third kappa shape index (κ3) is 47.1. The van der Waals surface area contributed by atoms with Crippen molar-refractivity contribution in [2.45, 2.75) is 297 Å². The highest BCUT2D eigenvalue weighted by Gasteiger charge is 2.19. The van der Waals surface area contributed by atoms with Gasteiger partial charge < -0.3 is 14.2 Å². The normalized spacial score (nSPS) is 12.0. The van der Waals surface area contributed by atoms with Gasteiger partial charge in [-0.2, -0.15) is 0 Å². The van der Waals surface area contributed by atoms with Crippen molar-refractivity contribution >= 4 is 17.9 Å². The molecule has 6 heteroatoms. The van der Waals surface area contributed by atoms with Gasteiger partial charge in [0.25, 0.3) is 0 Å². The predicted octanol–water partition coefficient (Wildman–Crippen LogP) is 17.0. The Bertz CT molecular complexity index is 916. The Morgan fingerprint density at radius 2 is 0.559 bits per heavy atom. The molecule has 0 aliphatic carbocycles. The van der Waals surface area contributed by atoms with Gasteiger partial charge >= 0.3 is 17.9 Å². The summed E-state index contributed by atoms with van der Waals surface area (Å²) in [5.41, 5.74) is 0. The zero-order valence-electron chi connectivity index (χ0n) is 39.8. The summed E-state index contributed by atoms with van der Waals surface area (Å²) >= 11 is 0. The Morgan fingerprint density at radius 1 is 0.322 bits per heavy atom. The van der Waals surface area contributed by atoms with Crippen molar-refractivity contribution in [2.24, 2.45) is 0 Å². The van der Waals surface area contributed by atoms with E-state index < -0.39 is 6.10 Å². The van der Waals surface area contributed by atoms with Crippen LogP contribution in [0.15, 0.2) is 12.2 Å². The van der Waals surface area contributed by atoms with E-state index in [0.717, 1.165) is 57.8 Å². The van der Waals surface area contributed by atoms with E-state index in [1.807, 2.05) is 0 Å². The van der Waals surface area contributed by atoms with Crippen LogP contribution in [0, 0.1) is 0 Å². The Hall–Kier alpha value is -1.85. The number of carbonyl (C=O) groups excluding carboxylic acids is 3. The molecule has 0 spiro atoms. The van der Waals surface area contributed by atoms with Crippen molar-refractivity contribution in [2.75, 3.05) is 13.2 Å². The van der Waals surface area contributed by atoms with E-state index >= 15 is 0 Å². The van der Waals surface area contributed by atoms with Crippen molar-refractivity contribution in [3.8, 4) is 0 Å². The van der Waals surface area contributed by atoms with Crippen molar-refractivity contribution in [1.82, 2.24) is 0 Å². The topological polar surface area (TPSA) is 78.9 Å². The number of allylic oxidation sites excluding steroid dienone is 2. The van der Waals surface area contributed by atoms with E-state index in [2.05, 4.69) is 32.9 Å². The second-order valence-electron chi connectivity index (χ2n) is 17.8. The molecule has 0 aliphatic rings. The standard InChI is InChI=1S/C53H100O6/c1-4-7-10-13-16-18-20-22-24-26-28-29-31-33-35-37-40-43-46-52(55)58-49-50(48-57-51(54)45-42-39-15-12-9-6-3)59-53(56)47-44-41-38-36-34-32-30-27-25-23-21-19-17-14-11-8-5-2/h24,26,50H,4-23,25,27-49H2,1-3H3/b26-24-. The molecule has 0 heterocycles. The molecule has 0 aromatic rings. The average molecular weight is 833 g/mol. The number of hydrogen-bond donors (Lipinski definition) is 0. The lowest BCUT2D eigenvalue weighted by atomic mass is 10.0. The minimum atomic E-state index is -0.763. The quantitative estimate of drug-likeness (QED) is 0.0263. The van der Waals surface area contributed by atoms with E-state index in [1.165, 1.54) is 193 Å². The highest BCUT2D eigenvalue weighted by molar-refractivity contribution is 5.71. The van der Waals surface area contributed by atoms with Crippen LogP contribution in [0.25, 0.3) is 0 Å². The molecule has 0 aromatic carbocycles. The van der Waals surface area contributed by atoms with E-state index in [-0.39, 0.29) is 31.1 Å². The molecule has 0 rings (SSSR count). The monoisotopic (exact) mass is 833 g/mol. The molecule has 0 amide bonds. The van der Waals surface area contributed by atoms with E-state index in [4.69, 9.17) is 14.2 Å². The Morgan fingerprint density at radius 3 is 0.847 bits per heavy atom. The number of esters is 3. The van der Waals surface area contributed by atoms with Gasteiger partial charge in [-0.1, -0.05) is 238 Å². The molecule has 0 saturated heterocycles. The van der Waals surface area contributed by atoms with Gasteiger partial charge in [0.1, 0.15) is 13.2 Å². The molecule has 0 aromatic heterocycles. The number of hydrogen-bond acceptors (Lipinski definition) is 6. The van der Waals surface area contributed by atoms with Gasteiger partial charge in [-0.25, -0.2) is 0 Å². The van der Waals surface area contributed by atoms with Gasteiger partial charge in [-0.05, 0) is 44.9 Å². The molecule has 0 bridgehead atoms. The zero-order valence-corrected chi connectivity index (χ0v) is 39.8. The van der Waals surface area contributed by atoms with Crippen LogP contribution in [-0.4, -0.2) is 37.2 Å². The highest BCUT2D eigenvalue weighted by atomic mass is 16.6. The summed E-state index contributed by atoms with van der Waals surface area (Å²) in [6.07, 6.45) is 53.6. The third-order valence-corrected chi connectivity index (χ3v) is 11.8. The second kappa shape index (κ2) is 48.8. The van der Waals surface area contributed by atoms with Gasteiger partial charge in [0.2, 0.25) is 0 Å². The first-order valence-corrected chi connectivity index (χ1v) is 26.2. The van der Waals surface area contributed by atoms with Crippen LogP contribution in [0.2, 0.25) is 0 Å². The molecule has 348 valence electrons. The van der Waals surface area contributed by atoms with Crippen LogP contribution < -0.4 is 0 Å². The summed E-state index contributed by atoms with van der Waals surface area (Å²) in [6.45, 7) is 6.61. The minimum absolute atomic E-state index is 0.0677. The fourth-order valence-electron chi connectivity index (χ4n) is 7.79. The largest absolute Gasteiger partial charge is 0.462 e. The summed E-state index contributed by atoms with van der Waals surface area (Å²) < 4.78 is 16.7. The van der Waals surface area contributed by atoms with Crippen molar-refractivity contribution in [1.29, 1.82) is 0 Å². The third-order valence-electron chi connectivity index (χ3n) is 11.8. The van der Waals surface area contributed by atoms with Crippen LogP contribution in [0.1, 0.15) is 290 Å². The molecule has 59 heavy (non-hydrogen) atoms. The molecule has 0 aliphatic heterocycles. The molecule has 0 fully saturated rings. The van der Waals surface area contributed by atoms with Crippen LogP contribution in [0.3, 0.4) is 0 Å². The van der Waals surface area contributed by atoms with Gasteiger partial charge in [-0.3, -0.25) is 14.4 Å². The first kappa shape index (κ1) is 57.1. The van der Waals surface area contributed by atoms with E-state index in [0.29, 0.717) is 19.3 Å². The van der Waals surface area contributed by atoms with E-state index in [1.54, 1.807) is 0 Å². The van der Waals surface area contributed by atoms with Crippen LogP contribution in [-0.2, 0) is 28.6 Å². The summed E-state index contributed by atoms with van der Waals surface area (Å²) in [4.78, 5) is 37.7. The molecule has 0 N–H and O–H groups in total. The highest BCUT2D eigenvalue weighted by Crippen LogP contribution is 2.16. The van der Waals surface area contributed by atoms with Crippen molar-refractivity contribution in [3.05, 3.63) is 12.2 Å². The summed E-state index contributed by atoms with van der Waals surface area (Å²) in [5.74, 6) is -0.865.